The first-order valence-electron chi connectivity index (χ1n) is 9.09. The van der Waals surface area contributed by atoms with Crippen LogP contribution in [0.5, 0.6) is 5.75 Å². The molecule has 6 nitrogen and oxygen atoms in total. The van der Waals surface area contributed by atoms with Crippen LogP contribution in [0, 0.1) is 0 Å². The zero-order valence-corrected chi connectivity index (χ0v) is 17.3. The van der Waals surface area contributed by atoms with Crippen molar-refractivity contribution < 1.29 is 18.4 Å². The fourth-order valence-corrected chi connectivity index (χ4v) is 4.08. The van der Waals surface area contributed by atoms with Gasteiger partial charge in [-0.05, 0) is 30.3 Å². The molecule has 0 saturated heterocycles. The molecular weight excluding hydrogens is 424 g/mol. The van der Waals surface area contributed by atoms with Gasteiger partial charge in [-0.1, -0.05) is 41.6 Å². The Kier molecular flexibility index (Phi) is 4.77. The molecule has 30 heavy (non-hydrogen) atoms. The molecule has 1 N–H and O–H groups in total. The quantitative estimate of drug-likeness (QED) is 0.333. The number of aromatic nitrogens is 1. The van der Waals surface area contributed by atoms with E-state index in [-0.39, 0.29) is 11.7 Å². The summed E-state index contributed by atoms with van der Waals surface area (Å²) in [5.74, 6) is 0.472. The molecule has 0 unspecified atom stereocenters. The molecule has 0 spiro atoms. The third-order valence-corrected chi connectivity index (χ3v) is 5.69. The van der Waals surface area contributed by atoms with Gasteiger partial charge in [0, 0.05) is 21.9 Å². The number of methoxy groups -OCH3 is 1. The fourth-order valence-electron chi connectivity index (χ4n) is 3.27. The second-order valence-corrected chi connectivity index (χ2v) is 7.94. The molecule has 0 aliphatic heterocycles. The molecule has 2 aromatic heterocycles. The number of carbonyl (C=O) groups excluding carboxylic acids is 1. The van der Waals surface area contributed by atoms with E-state index in [2.05, 4.69) is 10.3 Å². The lowest BCUT2D eigenvalue weighted by atomic mass is 10.1. The summed E-state index contributed by atoms with van der Waals surface area (Å²) in [7, 11) is 1.57. The molecule has 5 aromatic rings. The Morgan fingerprint density at radius 2 is 1.93 bits per heavy atom. The minimum atomic E-state index is -0.214. The summed E-state index contributed by atoms with van der Waals surface area (Å²) in [5, 5.41) is 5.79. The number of para-hydroxylation sites is 1. The highest BCUT2D eigenvalue weighted by molar-refractivity contribution is 7.99. The molecule has 0 fully saturated rings. The van der Waals surface area contributed by atoms with Crippen molar-refractivity contribution in [1.29, 1.82) is 0 Å². The van der Waals surface area contributed by atoms with Crippen LogP contribution in [0.1, 0.15) is 0 Å². The van der Waals surface area contributed by atoms with Crippen molar-refractivity contribution in [1.82, 2.24) is 4.98 Å². The molecule has 0 aliphatic carbocycles. The van der Waals surface area contributed by atoms with Crippen molar-refractivity contribution in [3.63, 3.8) is 0 Å². The monoisotopic (exact) mass is 438 g/mol. The lowest BCUT2D eigenvalue weighted by Crippen LogP contribution is -2.14. The van der Waals surface area contributed by atoms with Gasteiger partial charge in [0.1, 0.15) is 22.4 Å². The van der Waals surface area contributed by atoms with Gasteiger partial charge in [-0.2, -0.15) is 0 Å². The van der Waals surface area contributed by atoms with E-state index in [0.29, 0.717) is 38.4 Å². The molecule has 0 aliphatic rings. The predicted octanol–water partition coefficient (Wildman–Crippen LogP) is 6.12. The Hall–Kier alpha value is -3.16. The number of benzene rings is 3. The Labute approximate surface area is 180 Å². The van der Waals surface area contributed by atoms with Crippen molar-refractivity contribution in [2.24, 2.45) is 0 Å². The SMILES string of the molecule is COc1cc2c(cc1NC(=O)CSc1nc3cc(Cl)ccc3o1)oc1ccccc12. The smallest absolute Gasteiger partial charge is 0.257 e. The minimum absolute atomic E-state index is 0.127. The Morgan fingerprint density at radius 3 is 2.80 bits per heavy atom. The molecule has 3 aromatic carbocycles. The number of carbonyl (C=O) groups is 1. The fraction of sp³-hybridized carbons (Fsp3) is 0.0909. The Morgan fingerprint density at radius 1 is 1.07 bits per heavy atom. The summed E-state index contributed by atoms with van der Waals surface area (Å²) in [4.78, 5) is 16.9. The van der Waals surface area contributed by atoms with E-state index in [9.17, 15) is 4.79 Å². The Bertz CT molecular complexity index is 1410. The first-order chi connectivity index (χ1) is 14.6. The normalized spacial score (nSPS) is 11.4. The number of anilines is 1. The predicted molar refractivity (Wildman–Crippen MR) is 119 cm³/mol. The third kappa shape index (κ3) is 3.46. The Balaban J connectivity index is 1.36. The van der Waals surface area contributed by atoms with Gasteiger partial charge < -0.3 is 18.9 Å². The van der Waals surface area contributed by atoms with Gasteiger partial charge in [0.2, 0.25) is 5.91 Å². The first kappa shape index (κ1) is 18.8. The van der Waals surface area contributed by atoms with Crippen LogP contribution in [-0.4, -0.2) is 23.8 Å². The van der Waals surface area contributed by atoms with Crippen LogP contribution in [0.2, 0.25) is 5.02 Å². The molecule has 2 heterocycles. The van der Waals surface area contributed by atoms with Gasteiger partial charge in [-0.15, -0.1) is 0 Å². The summed E-state index contributed by atoms with van der Waals surface area (Å²) in [6.07, 6.45) is 0. The van der Waals surface area contributed by atoms with E-state index in [4.69, 9.17) is 25.2 Å². The van der Waals surface area contributed by atoms with Crippen LogP contribution in [-0.2, 0) is 4.79 Å². The van der Waals surface area contributed by atoms with E-state index in [1.165, 1.54) is 11.8 Å². The molecular formula is C22H15ClN2O4S. The van der Waals surface area contributed by atoms with Crippen LogP contribution in [0.15, 0.2) is 68.7 Å². The number of thioether (sulfide) groups is 1. The van der Waals surface area contributed by atoms with E-state index in [0.717, 1.165) is 16.4 Å². The van der Waals surface area contributed by atoms with Crippen molar-refractivity contribution in [3.05, 3.63) is 59.6 Å². The number of amides is 1. The van der Waals surface area contributed by atoms with E-state index in [1.54, 1.807) is 31.4 Å². The standard InChI is InChI=1S/C22H15ClN2O4S/c1-27-20-9-14-13-4-2-3-5-17(13)28-19(14)10-16(20)24-21(26)11-30-22-25-15-8-12(23)6-7-18(15)29-22/h2-10H,11H2,1H3,(H,24,26). The average molecular weight is 439 g/mol. The lowest BCUT2D eigenvalue weighted by Gasteiger charge is -2.09. The minimum Gasteiger partial charge on any atom is -0.495 e. The topological polar surface area (TPSA) is 77.5 Å². The molecule has 0 bridgehead atoms. The van der Waals surface area contributed by atoms with Crippen molar-refractivity contribution in [2.45, 2.75) is 5.22 Å². The zero-order valence-electron chi connectivity index (χ0n) is 15.8. The molecule has 0 atom stereocenters. The molecule has 150 valence electrons. The second-order valence-electron chi connectivity index (χ2n) is 6.58. The number of rotatable bonds is 5. The highest BCUT2D eigenvalue weighted by Crippen LogP contribution is 2.36. The summed E-state index contributed by atoms with van der Waals surface area (Å²) >= 11 is 7.17. The number of hydrogen-bond donors (Lipinski definition) is 1. The number of fused-ring (bicyclic) bond motifs is 4. The molecule has 1 amide bonds. The van der Waals surface area contributed by atoms with Crippen LogP contribution < -0.4 is 10.1 Å². The maximum atomic E-state index is 12.5. The van der Waals surface area contributed by atoms with Gasteiger partial charge in [-0.3, -0.25) is 4.79 Å². The second kappa shape index (κ2) is 7.59. The van der Waals surface area contributed by atoms with Crippen LogP contribution in [0.3, 0.4) is 0 Å². The first-order valence-corrected chi connectivity index (χ1v) is 10.4. The lowest BCUT2D eigenvalue weighted by molar-refractivity contribution is -0.113. The molecule has 8 heteroatoms. The van der Waals surface area contributed by atoms with E-state index < -0.39 is 0 Å². The van der Waals surface area contributed by atoms with Crippen molar-refractivity contribution in [3.8, 4) is 5.75 Å². The highest BCUT2D eigenvalue weighted by atomic mass is 35.5. The number of nitrogens with zero attached hydrogens (tertiary/aromatic N) is 1. The number of oxazole rings is 1. The maximum absolute atomic E-state index is 12.5. The molecule has 5 rings (SSSR count). The van der Waals surface area contributed by atoms with Crippen molar-refractivity contribution >= 4 is 68.0 Å². The van der Waals surface area contributed by atoms with Gasteiger partial charge in [0.05, 0.1) is 18.6 Å². The van der Waals surface area contributed by atoms with Crippen LogP contribution in [0.4, 0.5) is 5.69 Å². The van der Waals surface area contributed by atoms with Crippen molar-refractivity contribution in [2.75, 3.05) is 18.2 Å². The number of hydrogen-bond acceptors (Lipinski definition) is 6. The van der Waals surface area contributed by atoms with Gasteiger partial charge >= 0.3 is 0 Å². The largest absolute Gasteiger partial charge is 0.495 e. The summed E-state index contributed by atoms with van der Waals surface area (Å²) in [6.45, 7) is 0. The number of halogens is 1. The molecule has 0 saturated carbocycles. The zero-order chi connectivity index (χ0) is 20.7. The number of furan rings is 1. The highest BCUT2D eigenvalue weighted by Gasteiger charge is 2.15. The van der Waals surface area contributed by atoms with E-state index >= 15 is 0 Å². The number of nitrogens with one attached hydrogen (secondary N) is 1. The summed E-state index contributed by atoms with van der Waals surface area (Å²) in [5.41, 5.74) is 3.28. The van der Waals surface area contributed by atoms with Crippen LogP contribution in [0.25, 0.3) is 33.0 Å². The van der Waals surface area contributed by atoms with Crippen LogP contribution >= 0.6 is 23.4 Å². The number of ether oxygens (including phenoxy) is 1. The maximum Gasteiger partial charge on any atom is 0.257 e. The summed E-state index contributed by atoms with van der Waals surface area (Å²) < 4.78 is 17.0. The molecule has 0 radical (unpaired) electrons. The average Bonchev–Trinajstić information content (AvgIpc) is 3.31. The van der Waals surface area contributed by atoms with Gasteiger partial charge in [-0.25, -0.2) is 4.98 Å². The third-order valence-electron chi connectivity index (χ3n) is 4.63. The summed E-state index contributed by atoms with van der Waals surface area (Å²) in [6, 6.07) is 16.6. The van der Waals surface area contributed by atoms with Gasteiger partial charge in [0.25, 0.3) is 5.22 Å². The van der Waals surface area contributed by atoms with E-state index in [1.807, 2.05) is 30.3 Å². The van der Waals surface area contributed by atoms with Gasteiger partial charge in [0.15, 0.2) is 5.58 Å².